The molecule has 1 unspecified atom stereocenters. The Balaban J connectivity index is 1.32. The number of rotatable bonds is 9. The Kier molecular flexibility index (Phi) is 7.36. The predicted octanol–water partition coefficient (Wildman–Crippen LogP) is 0.117. The van der Waals surface area contributed by atoms with Gasteiger partial charge in [-0.1, -0.05) is 5.16 Å². The Bertz CT molecular complexity index is 1520. The van der Waals surface area contributed by atoms with Gasteiger partial charge in [-0.05, 0) is 6.07 Å². The average molecular weight is 590 g/mol. The number of pyridine rings is 1. The molecule has 0 aromatic carbocycles. The number of aliphatic carboxylic acids is 1. The minimum absolute atomic E-state index is 0.0261. The quantitative estimate of drug-likeness (QED) is 0.0979. The van der Waals surface area contributed by atoms with Gasteiger partial charge in [0, 0.05) is 28.2 Å². The lowest BCUT2D eigenvalue weighted by atomic mass is 10.0. The zero-order chi connectivity index (χ0) is 27.7. The molecule has 14 nitrogen and oxygen atoms in total. The van der Waals surface area contributed by atoms with E-state index in [4.69, 9.17) is 16.3 Å². The molecule has 202 valence electrons. The number of carbonyl (C=O) groups is 3. The highest BCUT2D eigenvalue weighted by molar-refractivity contribution is 8.00. The number of nitrogen functional groups attached to an aromatic ring is 2. The minimum Gasteiger partial charge on any atom is -0.503 e. The van der Waals surface area contributed by atoms with E-state index in [2.05, 4.69) is 20.4 Å². The van der Waals surface area contributed by atoms with Crippen LogP contribution < -0.4 is 21.4 Å². The maximum Gasteiger partial charge on any atom is 0.352 e. The molecule has 3 aromatic heterocycles. The number of carbonyl (C=O) groups excluding carboxylic acids is 2. The fourth-order valence-corrected chi connectivity index (χ4v) is 6.42. The zero-order valence-corrected chi connectivity index (χ0v) is 22.3. The van der Waals surface area contributed by atoms with E-state index < -0.39 is 29.2 Å². The van der Waals surface area contributed by atoms with Crippen molar-refractivity contribution in [3.63, 3.8) is 0 Å². The second-order valence-corrected chi connectivity index (χ2v) is 11.2. The largest absolute Gasteiger partial charge is 0.503 e. The Hall–Kier alpha value is -4.22. The first-order valence-corrected chi connectivity index (χ1v) is 14.0. The summed E-state index contributed by atoms with van der Waals surface area (Å²) in [5.41, 5.74) is 12.2. The van der Waals surface area contributed by atoms with E-state index in [1.54, 1.807) is 22.2 Å². The third kappa shape index (κ3) is 5.50. The molecule has 2 atom stereocenters. The van der Waals surface area contributed by atoms with E-state index in [1.165, 1.54) is 45.6 Å². The summed E-state index contributed by atoms with van der Waals surface area (Å²) in [4.78, 5) is 53.1. The maximum atomic E-state index is 13.2. The second-order valence-electron chi connectivity index (χ2n) is 8.31. The number of carboxylic acid groups (broad SMARTS) is 1. The summed E-state index contributed by atoms with van der Waals surface area (Å²) in [5.74, 6) is -2.25. The van der Waals surface area contributed by atoms with Gasteiger partial charge in [0.25, 0.3) is 11.8 Å². The molecule has 5 rings (SSSR count). The number of oxime groups is 1. The highest BCUT2D eigenvalue weighted by Crippen LogP contribution is 2.40. The van der Waals surface area contributed by atoms with Gasteiger partial charge in [0.2, 0.25) is 6.20 Å². The van der Waals surface area contributed by atoms with Gasteiger partial charge in [-0.25, -0.2) is 14.8 Å². The number of hydrogen-bond donors (Lipinski definition) is 5. The van der Waals surface area contributed by atoms with Crippen molar-refractivity contribution in [3.05, 3.63) is 57.9 Å². The SMILES string of the molecule is Nc1nc(CO/N=C(\C(=O)NC2C(=O)N3C(C(=O)O)=C(C[n+]4cccc(O)c4)CS[C@H]23)c2csc(N)n2)cs1. The summed E-state index contributed by atoms with van der Waals surface area (Å²) in [6, 6.07) is 2.13. The van der Waals surface area contributed by atoms with Crippen LogP contribution in [0.4, 0.5) is 10.3 Å². The fraction of sp³-hybridized carbons (Fsp3) is 0.227. The summed E-state index contributed by atoms with van der Waals surface area (Å²) in [6.07, 6.45) is 3.14. The lowest BCUT2D eigenvalue weighted by Crippen LogP contribution is -2.71. The topological polar surface area (TPSA) is 210 Å². The smallest absolute Gasteiger partial charge is 0.352 e. The highest BCUT2D eigenvalue weighted by atomic mass is 32.2. The van der Waals surface area contributed by atoms with Crippen molar-refractivity contribution in [2.24, 2.45) is 5.16 Å². The molecule has 5 heterocycles. The summed E-state index contributed by atoms with van der Waals surface area (Å²) >= 11 is 3.65. The van der Waals surface area contributed by atoms with Crippen molar-refractivity contribution in [2.75, 3.05) is 17.2 Å². The minimum atomic E-state index is -1.26. The third-order valence-corrected chi connectivity index (χ3v) is 8.41. The molecule has 3 aromatic rings. The number of nitrogens with one attached hydrogen (secondary N) is 1. The number of nitrogens with zero attached hydrogens (tertiary/aromatic N) is 5. The van der Waals surface area contributed by atoms with Crippen LogP contribution in [0.3, 0.4) is 0 Å². The van der Waals surface area contributed by atoms with Crippen LogP contribution in [0.1, 0.15) is 11.4 Å². The van der Waals surface area contributed by atoms with Crippen molar-refractivity contribution >= 4 is 68.2 Å². The van der Waals surface area contributed by atoms with Gasteiger partial charge in [-0.2, -0.15) is 4.57 Å². The molecule has 0 aliphatic carbocycles. The lowest BCUT2D eigenvalue weighted by molar-refractivity contribution is -0.689. The lowest BCUT2D eigenvalue weighted by Gasteiger charge is -2.49. The van der Waals surface area contributed by atoms with Gasteiger partial charge in [0.15, 0.2) is 41.1 Å². The number of thiazole rings is 2. The highest BCUT2D eigenvalue weighted by Gasteiger charge is 2.54. The van der Waals surface area contributed by atoms with Gasteiger partial charge in [-0.15, -0.1) is 34.4 Å². The van der Waals surface area contributed by atoms with Crippen molar-refractivity contribution in [3.8, 4) is 5.75 Å². The van der Waals surface area contributed by atoms with Crippen molar-refractivity contribution < 1.29 is 34.0 Å². The number of aromatic nitrogens is 3. The van der Waals surface area contributed by atoms with Crippen LogP contribution in [-0.4, -0.2) is 65.7 Å². The Morgan fingerprint density at radius 1 is 1.26 bits per heavy atom. The molecule has 1 saturated heterocycles. The molecular formula is C22H21N8O6S3+. The molecule has 0 bridgehead atoms. The van der Waals surface area contributed by atoms with Gasteiger partial charge < -0.3 is 31.8 Å². The van der Waals surface area contributed by atoms with Gasteiger partial charge >= 0.3 is 5.97 Å². The molecule has 0 radical (unpaired) electrons. The second kappa shape index (κ2) is 10.9. The molecule has 7 N–H and O–H groups in total. The van der Waals surface area contributed by atoms with Crippen molar-refractivity contribution in [1.29, 1.82) is 0 Å². The number of amides is 2. The summed E-state index contributed by atoms with van der Waals surface area (Å²) < 4.78 is 1.63. The van der Waals surface area contributed by atoms with Gasteiger partial charge in [0.05, 0.1) is 5.69 Å². The zero-order valence-electron chi connectivity index (χ0n) is 19.9. The van der Waals surface area contributed by atoms with Crippen LogP contribution in [0.5, 0.6) is 5.75 Å². The van der Waals surface area contributed by atoms with E-state index in [1.807, 2.05) is 0 Å². The number of anilines is 2. The van der Waals surface area contributed by atoms with Crippen LogP contribution in [0, 0.1) is 0 Å². The summed E-state index contributed by atoms with van der Waals surface area (Å²) in [5, 5.41) is 29.3. The fourth-order valence-electron chi connectivity index (χ4n) is 3.99. The van der Waals surface area contributed by atoms with E-state index in [0.29, 0.717) is 22.2 Å². The van der Waals surface area contributed by atoms with E-state index in [0.717, 1.165) is 11.3 Å². The Labute approximate surface area is 232 Å². The molecule has 1 fully saturated rings. The molecule has 39 heavy (non-hydrogen) atoms. The van der Waals surface area contributed by atoms with Gasteiger partial charge in [-0.3, -0.25) is 14.5 Å². The number of carboxylic acids is 1. The van der Waals surface area contributed by atoms with Crippen LogP contribution >= 0.6 is 34.4 Å². The monoisotopic (exact) mass is 589 g/mol. The Morgan fingerprint density at radius 2 is 2.03 bits per heavy atom. The van der Waals surface area contributed by atoms with Crippen LogP contribution in [0.15, 0.2) is 51.7 Å². The number of hydrogen-bond acceptors (Lipinski definition) is 13. The van der Waals surface area contributed by atoms with E-state index in [9.17, 15) is 24.6 Å². The van der Waals surface area contributed by atoms with Crippen LogP contribution in [0.2, 0.25) is 0 Å². The number of aromatic hydroxyl groups is 1. The molecule has 2 aliphatic rings. The predicted molar refractivity (Wildman–Crippen MR) is 142 cm³/mol. The normalized spacial score (nSPS) is 18.9. The Morgan fingerprint density at radius 3 is 2.69 bits per heavy atom. The van der Waals surface area contributed by atoms with Crippen LogP contribution in [-0.2, 0) is 32.4 Å². The molecule has 17 heteroatoms. The van der Waals surface area contributed by atoms with E-state index in [-0.39, 0.29) is 41.1 Å². The molecule has 0 saturated carbocycles. The average Bonchev–Trinajstić information content (AvgIpc) is 3.52. The van der Waals surface area contributed by atoms with Crippen molar-refractivity contribution in [2.45, 2.75) is 24.6 Å². The summed E-state index contributed by atoms with van der Waals surface area (Å²) in [7, 11) is 0. The number of thioether (sulfide) groups is 1. The standard InChI is InChI=1S/C22H20N8O6S3/c23-21-25-11(8-38-21)6-36-28-14(13-9-39-22(24)26-13)17(32)27-15-18(33)30-16(20(34)35)10(7-37-19(15)30)4-29-3-1-2-12(31)5-29/h1-3,5,8-9,15,19H,4,6-7H2,(H6-,23,24,25,26,27,31,32,34,35)/p+1/b28-14-/t15?,19-/m1/s1. The number of nitrogens with two attached hydrogens (primary N) is 2. The first-order chi connectivity index (χ1) is 18.7. The molecule has 2 aliphatic heterocycles. The molecule has 0 spiro atoms. The maximum absolute atomic E-state index is 13.2. The van der Waals surface area contributed by atoms with Crippen LogP contribution in [0.25, 0.3) is 0 Å². The van der Waals surface area contributed by atoms with E-state index >= 15 is 0 Å². The first-order valence-electron chi connectivity index (χ1n) is 11.2. The van der Waals surface area contributed by atoms with Gasteiger partial charge in [0.1, 0.15) is 22.8 Å². The number of β-lactam (4-membered cyclic amide) rings is 1. The van der Waals surface area contributed by atoms with Crippen molar-refractivity contribution in [1.82, 2.24) is 20.2 Å². The third-order valence-electron chi connectivity index (χ3n) is 5.67. The number of fused-ring (bicyclic) bond motifs is 1. The molecule has 2 amide bonds. The first kappa shape index (κ1) is 26.4. The summed E-state index contributed by atoms with van der Waals surface area (Å²) in [6.45, 7) is 0.117. The molecular weight excluding hydrogens is 568 g/mol.